The topological polar surface area (TPSA) is 92.5 Å². The fourth-order valence-corrected chi connectivity index (χ4v) is 2.63. The van der Waals surface area contributed by atoms with E-state index in [0.717, 1.165) is 18.4 Å². The molecular weight excluding hydrogens is 370 g/mol. The molecule has 1 heterocycles. The first-order valence-electron chi connectivity index (χ1n) is 6.52. The van der Waals surface area contributed by atoms with Crippen LogP contribution in [0.4, 0.5) is 29.3 Å². The summed E-state index contributed by atoms with van der Waals surface area (Å²) in [5, 5.41) is 1.90. The number of benzene rings is 1. The van der Waals surface area contributed by atoms with Gasteiger partial charge in [-0.2, -0.15) is 18.2 Å². The number of carbonyl (C=O) groups excluding carboxylic acids is 1. The lowest BCUT2D eigenvalue weighted by atomic mass is 10.3. The molecule has 0 spiro atoms. The zero-order chi connectivity index (χ0) is 18.8. The van der Waals surface area contributed by atoms with E-state index in [1.807, 2.05) is 5.32 Å². The van der Waals surface area contributed by atoms with Gasteiger partial charge in [-0.15, -0.1) is 0 Å². The highest BCUT2D eigenvalue weighted by atomic mass is 32.2. The lowest BCUT2D eigenvalue weighted by Crippen LogP contribution is -2.37. The van der Waals surface area contributed by atoms with Crippen LogP contribution in [-0.2, 0) is 21.0 Å². The number of halogens is 4. The number of amides is 1. The van der Waals surface area contributed by atoms with Crippen molar-refractivity contribution in [2.75, 3.05) is 22.4 Å². The number of sulfonamides is 1. The van der Waals surface area contributed by atoms with E-state index in [9.17, 15) is 30.8 Å². The van der Waals surface area contributed by atoms with E-state index in [1.54, 1.807) is 0 Å². The Kier molecular flexibility index (Phi) is 5.02. The predicted molar refractivity (Wildman–Crippen MR) is 78.7 cm³/mol. The first kappa shape index (κ1) is 18.7. The fraction of sp³-hybridized carbons (Fsp3) is 0.231. The number of aromatic nitrogens is 1. The maximum atomic E-state index is 13.3. The van der Waals surface area contributed by atoms with Crippen LogP contribution in [0.5, 0.6) is 0 Å². The summed E-state index contributed by atoms with van der Waals surface area (Å²) in [5.74, 6) is -1.75. The Labute approximate surface area is 139 Å². The van der Waals surface area contributed by atoms with Crippen molar-refractivity contribution in [1.29, 1.82) is 0 Å². The van der Waals surface area contributed by atoms with Gasteiger partial charge >= 0.3 is 12.2 Å². The van der Waals surface area contributed by atoms with Gasteiger partial charge < -0.3 is 4.42 Å². The van der Waals surface area contributed by atoms with E-state index in [0.29, 0.717) is 10.6 Å². The number of oxazole rings is 1. The zero-order valence-electron chi connectivity index (χ0n) is 12.5. The van der Waals surface area contributed by atoms with E-state index in [2.05, 4.69) is 9.40 Å². The van der Waals surface area contributed by atoms with Crippen LogP contribution in [0.2, 0.25) is 0 Å². The fourth-order valence-electron chi connectivity index (χ4n) is 1.78. The molecule has 0 fully saturated rings. The van der Waals surface area contributed by atoms with Gasteiger partial charge in [0.2, 0.25) is 15.9 Å². The molecule has 2 aromatic rings. The van der Waals surface area contributed by atoms with Crippen LogP contribution in [0.15, 0.2) is 34.9 Å². The van der Waals surface area contributed by atoms with Crippen molar-refractivity contribution in [3.63, 3.8) is 0 Å². The van der Waals surface area contributed by atoms with Gasteiger partial charge in [-0.3, -0.25) is 14.4 Å². The SMILES string of the molecule is CS(=O)(=O)N(CC(=O)Nc1nc(C(F)(F)F)co1)c1cccc(F)c1. The molecule has 136 valence electrons. The molecule has 0 unspecified atom stereocenters. The number of nitrogens with one attached hydrogen (secondary N) is 1. The van der Waals surface area contributed by atoms with Crippen molar-refractivity contribution in [1.82, 2.24) is 4.98 Å². The Morgan fingerprint density at radius 2 is 2.04 bits per heavy atom. The smallest absolute Gasteiger partial charge is 0.431 e. The first-order valence-corrected chi connectivity index (χ1v) is 8.37. The molecule has 1 aromatic carbocycles. The van der Waals surface area contributed by atoms with E-state index in [1.165, 1.54) is 12.1 Å². The predicted octanol–water partition coefficient (Wildman–Crippen LogP) is 2.24. The van der Waals surface area contributed by atoms with Crippen LogP contribution in [-0.4, -0.2) is 32.1 Å². The van der Waals surface area contributed by atoms with Crippen molar-refractivity contribution in [3.8, 4) is 0 Å². The zero-order valence-corrected chi connectivity index (χ0v) is 13.4. The molecule has 0 atom stereocenters. The van der Waals surface area contributed by atoms with Crippen molar-refractivity contribution >= 4 is 27.6 Å². The van der Waals surface area contributed by atoms with Gasteiger partial charge in [0.15, 0.2) is 5.69 Å². The van der Waals surface area contributed by atoms with Crippen LogP contribution >= 0.6 is 0 Å². The van der Waals surface area contributed by atoms with Crippen molar-refractivity contribution in [2.24, 2.45) is 0 Å². The van der Waals surface area contributed by atoms with E-state index < -0.39 is 46.2 Å². The Morgan fingerprint density at radius 1 is 1.36 bits per heavy atom. The maximum absolute atomic E-state index is 13.3. The van der Waals surface area contributed by atoms with Crippen LogP contribution in [0.1, 0.15) is 5.69 Å². The molecule has 0 aliphatic carbocycles. The summed E-state index contributed by atoms with van der Waals surface area (Å²) in [6.45, 7) is -0.813. The van der Waals surface area contributed by atoms with E-state index >= 15 is 0 Å². The second kappa shape index (κ2) is 6.70. The molecule has 0 aliphatic heterocycles. The highest BCUT2D eigenvalue weighted by molar-refractivity contribution is 7.92. The summed E-state index contributed by atoms with van der Waals surface area (Å²) in [5.41, 5.74) is -1.48. The minimum atomic E-state index is -4.76. The molecule has 0 aliphatic rings. The average molecular weight is 381 g/mol. The molecule has 1 amide bonds. The average Bonchev–Trinajstić information content (AvgIpc) is 2.92. The molecule has 0 saturated carbocycles. The normalized spacial score (nSPS) is 12.0. The van der Waals surface area contributed by atoms with Gasteiger partial charge in [-0.25, -0.2) is 12.8 Å². The number of hydrogen-bond acceptors (Lipinski definition) is 5. The van der Waals surface area contributed by atoms with Crippen LogP contribution < -0.4 is 9.62 Å². The summed E-state index contributed by atoms with van der Waals surface area (Å²) in [6.07, 6.45) is -3.67. The Bertz CT molecular complexity index is 879. The standard InChI is InChI=1S/C13H11F4N3O4S/c1-25(22,23)20(9-4-2-3-8(14)5-9)6-11(21)19-12-18-10(7-24-12)13(15,16)17/h2-5,7H,6H2,1H3,(H,18,19,21). The molecule has 0 radical (unpaired) electrons. The Balaban J connectivity index is 2.17. The third kappa shape index (κ3) is 4.92. The van der Waals surface area contributed by atoms with Crippen molar-refractivity contribution in [2.45, 2.75) is 6.18 Å². The third-order valence-corrected chi connectivity index (χ3v) is 3.97. The summed E-state index contributed by atoms with van der Waals surface area (Å²) in [6, 6.07) is 3.72. The lowest BCUT2D eigenvalue weighted by Gasteiger charge is -2.21. The van der Waals surface area contributed by atoms with Gasteiger partial charge in [-0.05, 0) is 18.2 Å². The highest BCUT2D eigenvalue weighted by Gasteiger charge is 2.35. The molecule has 1 N–H and O–H groups in total. The number of hydrogen-bond donors (Lipinski definition) is 1. The second-order valence-electron chi connectivity index (χ2n) is 4.83. The molecule has 0 saturated heterocycles. The summed E-state index contributed by atoms with van der Waals surface area (Å²) in [4.78, 5) is 14.9. The summed E-state index contributed by atoms with van der Waals surface area (Å²) < 4.78 is 79.1. The Hall–Kier alpha value is -2.63. The first-order chi connectivity index (χ1) is 11.5. The number of nitrogens with zero attached hydrogens (tertiary/aromatic N) is 2. The highest BCUT2D eigenvalue weighted by Crippen LogP contribution is 2.29. The summed E-state index contributed by atoms with van der Waals surface area (Å²) >= 11 is 0. The quantitative estimate of drug-likeness (QED) is 0.802. The van der Waals surface area contributed by atoms with Gasteiger partial charge in [0, 0.05) is 0 Å². The van der Waals surface area contributed by atoms with Crippen LogP contribution in [0, 0.1) is 5.82 Å². The number of rotatable bonds is 5. The molecule has 0 bridgehead atoms. The van der Waals surface area contributed by atoms with Crippen LogP contribution in [0.25, 0.3) is 0 Å². The van der Waals surface area contributed by atoms with Gasteiger partial charge in [-0.1, -0.05) is 6.07 Å². The van der Waals surface area contributed by atoms with E-state index in [-0.39, 0.29) is 5.69 Å². The molecule has 2 rings (SSSR count). The van der Waals surface area contributed by atoms with Gasteiger partial charge in [0.25, 0.3) is 0 Å². The number of alkyl halides is 3. The third-order valence-electron chi connectivity index (χ3n) is 2.82. The lowest BCUT2D eigenvalue weighted by molar-refractivity contribution is -0.141. The van der Waals surface area contributed by atoms with E-state index in [4.69, 9.17) is 0 Å². The molecule has 7 nitrogen and oxygen atoms in total. The van der Waals surface area contributed by atoms with Crippen molar-refractivity contribution in [3.05, 3.63) is 42.0 Å². The second-order valence-corrected chi connectivity index (χ2v) is 6.74. The Morgan fingerprint density at radius 3 is 2.56 bits per heavy atom. The molecule has 25 heavy (non-hydrogen) atoms. The van der Waals surface area contributed by atoms with Gasteiger partial charge in [0.1, 0.15) is 18.6 Å². The number of anilines is 2. The summed E-state index contributed by atoms with van der Waals surface area (Å²) in [7, 11) is -3.97. The minimum absolute atomic E-state index is 0.124. The van der Waals surface area contributed by atoms with Crippen molar-refractivity contribution < 1.29 is 35.2 Å². The minimum Gasteiger partial charge on any atom is -0.431 e. The largest absolute Gasteiger partial charge is 0.436 e. The maximum Gasteiger partial charge on any atom is 0.436 e. The van der Waals surface area contributed by atoms with Crippen LogP contribution in [0.3, 0.4) is 0 Å². The monoisotopic (exact) mass is 381 g/mol. The molecule has 12 heteroatoms. The number of carbonyl (C=O) groups is 1. The molecule has 1 aromatic heterocycles. The molecular formula is C13H11F4N3O4S. The van der Waals surface area contributed by atoms with Gasteiger partial charge in [0.05, 0.1) is 11.9 Å².